The highest BCUT2D eigenvalue weighted by molar-refractivity contribution is 5.90. The zero-order valence-corrected chi connectivity index (χ0v) is 14.7. The number of carbonyl (C=O) groups is 2. The van der Waals surface area contributed by atoms with Crippen LogP contribution < -0.4 is 15.1 Å². The molecule has 0 aliphatic carbocycles. The Morgan fingerprint density at radius 1 is 1.12 bits per heavy atom. The number of esters is 1. The van der Waals surface area contributed by atoms with Crippen LogP contribution in [-0.4, -0.2) is 18.7 Å². The Morgan fingerprint density at radius 3 is 2.54 bits per heavy atom. The second kappa shape index (κ2) is 8.84. The van der Waals surface area contributed by atoms with Gasteiger partial charge in [-0.25, -0.2) is 14.4 Å². The normalized spacial score (nSPS) is 10.4. The van der Waals surface area contributed by atoms with E-state index in [-0.39, 0.29) is 29.3 Å². The molecule has 0 spiro atoms. The first-order valence-electron chi connectivity index (χ1n) is 8.21. The third-order valence-electron chi connectivity index (χ3n) is 3.40. The number of hydrogen-bond donors (Lipinski definition) is 0. The quantitative estimate of drug-likeness (QED) is 0.184. The maximum absolute atomic E-state index is 11.9. The molecule has 0 radical (unpaired) electrons. The predicted octanol–water partition coefficient (Wildman–Crippen LogP) is 3.98. The van der Waals surface area contributed by atoms with Gasteiger partial charge in [-0.05, 0) is 25.5 Å². The van der Waals surface area contributed by atoms with Gasteiger partial charge in [0.2, 0.25) is 0 Å². The van der Waals surface area contributed by atoms with Crippen molar-refractivity contribution in [3.8, 4) is 11.5 Å². The fraction of sp³-hybridized carbons (Fsp3) is 0.316. The van der Waals surface area contributed by atoms with Crippen molar-refractivity contribution < 1.29 is 28.2 Å². The van der Waals surface area contributed by atoms with E-state index < -0.39 is 17.8 Å². The van der Waals surface area contributed by atoms with Crippen LogP contribution in [-0.2, 0) is 9.53 Å². The van der Waals surface area contributed by atoms with Crippen molar-refractivity contribution in [3.05, 3.63) is 46.8 Å². The first kappa shape index (κ1) is 19.2. The van der Waals surface area contributed by atoms with Crippen molar-refractivity contribution >= 4 is 23.1 Å². The fourth-order valence-electron chi connectivity index (χ4n) is 2.05. The molecule has 0 aliphatic rings. The van der Waals surface area contributed by atoms with E-state index in [4.69, 9.17) is 18.6 Å². The predicted molar refractivity (Wildman–Crippen MR) is 94.4 cm³/mol. The first-order valence-corrected chi connectivity index (χ1v) is 8.21. The summed E-state index contributed by atoms with van der Waals surface area (Å²) in [7, 11) is 0. The Balaban J connectivity index is 2.28. The van der Waals surface area contributed by atoms with Crippen molar-refractivity contribution in [1.29, 1.82) is 0 Å². The number of hydrogen-bond acceptors (Lipinski definition) is 7. The summed E-state index contributed by atoms with van der Waals surface area (Å²) < 4.78 is 20.4. The van der Waals surface area contributed by atoms with E-state index in [9.17, 15) is 14.4 Å². The minimum Gasteiger partial charge on any atom is -0.434 e. The van der Waals surface area contributed by atoms with Gasteiger partial charge in [0.15, 0.2) is 11.5 Å². The fourth-order valence-corrected chi connectivity index (χ4v) is 2.05. The summed E-state index contributed by atoms with van der Waals surface area (Å²) in [6, 6.07) is 5.46. The van der Waals surface area contributed by atoms with Crippen molar-refractivity contribution in [3.63, 3.8) is 0 Å². The van der Waals surface area contributed by atoms with Crippen LogP contribution in [0, 0.1) is 0 Å². The van der Waals surface area contributed by atoms with E-state index in [1.165, 1.54) is 31.2 Å². The van der Waals surface area contributed by atoms with Crippen LogP contribution in [0.25, 0.3) is 11.0 Å². The largest absolute Gasteiger partial charge is 0.513 e. The number of rotatable bonds is 7. The van der Waals surface area contributed by atoms with Crippen LogP contribution in [0.3, 0.4) is 0 Å². The Kier molecular flexibility index (Phi) is 6.54. The van der Waals surface area contributed by atoms with Crippen LogP contribution in [0.4, 0.5) is 4.79 Å². The van der Waals surface area contributed by atoms with Gasteiger partial charge in [0.05, 0.1) is 6.61 Å². The van der Waals surface area contributed by atoms with E-state index in [1.54, 1.807) is 0 Å². The Bertz CT molecular complexity index is 879. The van der Waals surface area contributed by atoms with Crippen molar-refractivity contribution in [1.82, 2.24) is 0 Å². The van der Waals surface area contributed by atoms with Crippen LogP contribution in [0.1, 0.15) is 33.1 Å². The summed E-state index contributed by atoms with van der Waals surface area (Å²) in [6.45, 7) is 7.25. The molecule has 0 amide bonds. The molecule has 0 bridgehead atoms. The standard InChI is InChI=1S/C19H20O7/c1-4-5-6-9-23-19(22)26-16-11-14-13(7-8-17(20)24-14)10-15(16)25-18(21)12(2)3/h7-8,10-11H,2,4-6,9H2,1,3H3. The molecule has 0 aliphatic heterocycles. The zero-order chi connectivity index (χ0) is 19.1. The van der Waals surface area contributed by atoms with Crippen LogP contribution >= 0.6 is 0 Å². The van der Waals surface area contributed by atoms with Crippen LogP contribution in [0.15, 0.2) is 45.6 Å². The lowest BCUT2D eigenvalue weighted by molar-refractivity contribution is -0.130. The average Bonchev–Trinajstić information content (AvgIpc) is 2.59. The molecule has 0 saturated heterocycles. The molecule has 0 N–H and O–H groups in total. The van der Waals surface area contributed by atoms with Crippen molar-refractivity contribution in [2.45, 2.75) is 33.1 Å². The summed E-state index contributed by atoms with van der Waals surface area (Å²) in [5.74, 6) is -0.783. The monoisotopic (exact) mass is 360 g/mol. The maximum atomic E-state index is 11.9. The van der Waals surface area contributed by atoms with E-state index >= 15 is 0 Å². The molecule has 2 aromatic rings. The molecular weight excluding hydrogens is 340 g/mol. The topological polar surface area (TPSA) is 92.0 Å². The van der Waals surface area contributed by atoms with Crippen LogP contribution in [0.2, 0.25) is 0 Å². The molecule has 1 aromatic carbocycles. The molecule has 7 nitrogen and oxygen atoms in total. The Hall–Kier alpha value is -3.09. The summed E-state index contributed by atoms with van der Waals surface area (Å²) >= 11 is 0. The second-order valence-electron chi connectivity index (χ2n) is 5.67. The third-order valence-corrected chi connectivity index (χ3v) is 3.40. The van der Waals surface area contributed by atoms with Gasteiger partial charge in [-0.1, -0.05) is 26.3 Å². The highest BCUT2D eigenvalue weighted by atomic mass is 16.7. The molecule has 0 fully saturated rings. The number of ether oxygens (including phenoxy) is 3. The van der Waals surface area contributed by atoms with Gasteiger partial charge in [-0.15, -0.1) is 0 Å². The summed E-state index contributed by atoms with van der Waals surface area (Å²) in [5.41, 5.74) is -0.198. The Labute approximate surface area is 150 Å². The van der Waals surface area contributed by atoms with Gasteiger partial charge in [0.25, 0.3) is 0 Å². The number of unbranched alkanes of at least 4 members (excludes halogenated alkanes) is 2. The van der Waals surface area contributed by atoms with Gasteiger partial charge < -0.3 is 18.6 Å². The molecule has 26 heavy (non-hydrogen) atoms. The van der Waals surface area contributed by atoms with Gasteiger partial charge in [-0.3, -0.25) is 0 Å². The highest BCUT2D eigenvalue weighted by Crippen LogP contribution is 2.33. The van der Waals surface area contributed by atoms with Gasteiger partial charge in [0, 0.05) is 23.1 Å². The molecule has 0 atom stereocenters. The number of fused-ring (bicyclic) bond motifs is 1. The minimum atomic E-state index is -0.939. The van der Waals surface area contributed by atoms with Crippen LogP contribution in [0.5, 0.6) is 11.5 Å². The lowest BCUT2D eigenvalue weighted by atomic mass is 10.2. The minimum absolute atomic E-state index is 0.00939. The number of carbonyl (C=O) groups excluding carboxylic acids is 2. The lowest BCUT2D eigenvalue weighted by Crippen LogP contribution is -2.14. The molecule has 0 saturated carbocycles. The smallest absolute Gasteiger partial charge is 0.434 e. The molecule has 1 aromatic heterocycles. The number of benzene rings is 1. The van der Waals surface area contributed by atoms with E-state index in [0.29, 0.717) is 5.39 Å². The molecular formula is C19H20O7. The summed E-state index contributed by atoms with van der Waals surface area (Å²) in [6.07, 6.45) is 1.70. The van der Waals surface area contributed by atoms with Gasteiger partial charge in [0.1, 0.15) is 5.58 Å². The summed E-state index contributed by atoms with van der Waals surface area (Å²) in [5, 5.41) is 0.498. The maximum Gasteiger partial charge on any atom is 0.513 e. The van der Waals surface area contributed by atoms with E-state index in [2.05, 4.69) is 6.58 Å². The van der Waals surface area contributed by atoms with Gasteiger partial charge in [-0.2, -0.15) is 0 Å². The average molecular weight is 360 g/mol. The van der Waals surface area contributed by atoms with E-state index in [1.807, 2.05) is 6.92 Å². The molecule has 2 rings (SSSR count). The molecule has 1 heterocycles. The van der Waals surface area contributed by atoms with Gasteiger partial charge >= 0.3 is 17.8 Å². The SMILES string of the molecule is C=C(C)C(=O)Oc1cc2ccc(=O)oc2cc1OC(=O)OCCCCC. The summed E-state index contributed by atoms with van der Waals surface area (Å²) in [4.78, 5) is 35.0. The first-order chi connectivity index (χ1) is 12.4. The Morgan fingerprint density at radius 2 is 1.85 bits per heavy atom. The van der Waals surface area contributed by atoms with E-state index in [0.717, 1.165) is 19.3 Å². The zero-order valence-electron chi connectivity index (χ0n) is 14.7. The lowest BCUT2D eigenvalue weighted by Gasteiger charge is -2.11. The van der Waals surface area contributed by atoms with Crippen molar-refractivity contribution in [2.24, 2.45) is 0 Å². The second-order valence-corrected chi connectivity index (χ2v) is 5.67. The molecule has 7 heteroatoms. The highest BCUT2D eigenvalue weighted by Gasteiger charge is 2.17. The molecule has 0 unspecified atom stereocenters. The third kappa shape index (κ3) is 5.20. The molecule has 138 valence electrons. The van der Waals surface area contributed by atoms with Crippen molar-refractivity contribution in [2.75, 3.05) is 6.61 Å².